The molecule has 2 aliphatic heterocycles. The van der Waals surface area contributed by atoms with E-state index in [1.54, 1.807) is 24.4 Å². The molecule has 3 aromatic rings. The van der Waals surface area contributed by atoms with Gasteiger partial charge in [-0.2, -0.15) is 13.1 Å². The van der Waals surface area contributed by atoms with Gasteiger partial charge >= 0.3 is 0 Å². The molecule has 2 aromatic heterocycles. The van der Waals surface area contributed by atoms with Gasteiger partial charge in [-0.05, 0) is 37.1 Å². The van der Waals surface area contributed by atoms with Crippen molar-refractivity contribution in [3.8, 4) is 0 Å². The first kappa shape index (κ1) is 21.2. The van der Waals surface area contributed by atoms with E-state index in [1.807, 2.05) is 23.1 Å². The highest BCUT2D eigenvalue weighted by atomic mass is 32.2. The molecule has 0 bridgehead atoms. The van der Waals surface area contributed by atoms with Crippen LogP contribution in [0.25, 0.3) is 11.0 Å². The fourth-order valence-corrected chi connectivity index (χ4v) is 6.65. The Morgan fingerprint density at radius 3 is 2.44 bits per heavy atom. The summed E-state index contributed by atoms with van der Waals surface area (Å²) in [5.74, 6) is 0.927. The van der Waals surface area contributed by atoms with Gasteiger partial charge in [0.1, 0.15) is 21.7 Å². The largest absolute Gasteiger partial charge is 0.353 e. The van der Waals surface area contributed by atoms with Gasteiger partial charge in [-0.15, -0.1) is 0 Å². The highest BCUT2D eigenvalue weighted by Gasteiger charge is 2.35. The molecular weight excluding hydrogens is 448 g/mol. The van der Waals surface area contributed by atoms with Crippen LogP contribution in [-0.2, 0) is 14.8 Å². The second-order valence-corrected chi connectivity index (χ2v) is 10.5. The van der Waals surface area contributed by atoms with Crippen molar-refractivity contribution in [1.29, 1.82) is 0 Å². The Labute approximate surface area is 191 Å². The van der Waals surface area contributed by atoms with Gasteiger partial charge in [-0.25, -0.2) is 13.4 Å². The third-order valence-electron chi connectivity index (χ3n) is 6.23. The van der Waals surface area contributed by atoms with Crippen LogP contribution in [-0.4, -0.2) is 76.5 Å². The smallest absolute Gasteiger partial charge is 0.245 e. The molecule has 11 heteroatoms. The summed E-state index contributed by atoms with van der Waals surface area (Å²) >= 11 is 1.01. The maximum absolute atomic E-state index is 13.2. The molecule has 32 heavy (non-hydrogen) atoms. The predicted molar refractivity (Wildman–Crippen MR) is 122 cm³/mol. The van der Waals surface area contributed by atoms with Gasteiger partial charge in [0.2, 0.25) is 15.9 Å². The number of piperidine rings is 1. The molecule has 0 N–H and O–H groups in total. The Morgan fingerprint density at radius 1 is 0.938 bits per heavy atom. The average Bonchev–Trinajstić information content (AvgIpc) is 3.33. The molecule has 0 aliphatic carbocycles. The van der Waals surface area contributed by atoms with Crippen molar-refractivity contribution in [1.82, 2.24) is 22.9 Å². The summed E-state index contributed by atoms with van der Waals surface area (Å²) in [5, 5.41) is 0. The van der Waals surface area contributed by atoms with E-state index in [-0.39, 0.29) is 16.7 Å². The van der Waals surface area contributed by atoms with Crippen molar-refractivity contribution in [3.63, 3.8) is 0 Å². The summed E-state index contributed by atoms with van der Waals surface area (Å²) in [7, 11) is -3.67. The number of rotatable bonds is 4. The van der Waals surface area contributed by atoms with E-state index in [4.69, 9.17) is 0 Å². The van der Waals surface area contributed by atoms with Gasteiger partial charge in [0.15, 0.2) is 0 Å². The molecule has 0 atom stereocenters. The zero-order valence-corrected chi connectivity index (χ0v) is 19.1. The van der Waals surface area contributed by atoms with E-state index in [0.29, 0.717) is 50.1 Å². The Bertz CT molecular complexity index is 1200. The summed E-state index contributed by atoms with van der Waals surface area (Å²) in [6, 6.07) is 10.9. The molecule has 0 unspecified atom stereocenters. The minimum Gasteiger partial charge on any atom is -0.353 e. The summed E-state index contributed by atoms with van der Waals surface area (Å²) in [4.78, 5) is 21.7. The highest BCUT2D eigenvalue weighted by molar-refractivity contribution is 7.89. The number of carbonyl (C=O) groups is 1. The number of fused-ring (bicyclic) bond motifs is 1. The van der Waals surface area contributed by atoms with E-state index >= 15 is 0 Å². The number of piperazine rings is 1. The molecule has 0 saturated carbocycles. The maximum Gasteiger partial charge on any atom is 0.245 e. The van der Waals surface area contributed by atoms with Crippen LogP contribution in [0.1, 0.15) is 12.8 Å². The molecule has 2 aliphatic rings. The topological polar surface area (TPSA) is 99.6 Å². The Balaban J connectivity index is 1.20. The Kier molecular flexibility index (Phi) is 5.78. The van der Waals surface area contributed by atoms with Gasteiger partial charge in [-0.1, -0.05) is 12.1 Å². The van der Waals surface area contributed by atoms with Gasteiger partial charge in [0.05, 0.1) is 11.7 Å². The van der Waals surface area contributed by atoms with Crippen molar-refractivity contribution in [2.45, 2.75) is 17.7 Å². The van der Waals surface area contributed by atoms with Crippen molar-refractivity contribution in [3.05, 3.63) is 42.6 Å². The lowest BCUT2D eigenvalue weighted by atomic mass is 9.96. The van der Waals surface area contributed by atoms with Crippen LogP contribution in [0.15, 0.2) is 47.5 Å². The molecule has 168 valence electrons. The van der Waals surface area contributed by atoms with Gasteiger partial charge in [-0.3, -0.25) is 4.79 Å². The molecule has 0 radical (unpaired) electrons. The number of sulfonamides is 1. The average molecular weight is 473 g/mol. The molecule has 0 spiro atoms. The van der Waals surface area contributed by atoms with Gasteiger partial charge < -0.3 is 9.80 Å². The predicted octanol–water partition coefficient (Wildman–Crippen LogP) is 1.84. The molecule has 1 aromatic carbocycles. The fraction of sp³-hybridized carbons (Fsp3) is 0.429. The second kappa shape index (κ2) is 8.72. The zero-order chi connectivity index (χ0) is 22.1. The lowest BCUT2D eigenvalue weighted by molar-refractivity contribution is -0.137. The van der Waals surface area contributed by atoms with Crippen molar-refractivity contribution in [2.75, 3.05) is 44.2 Å². The van der Waals surface area contributed by atoms with Crippen LogP contribution in [0, 0.1) is 5.92 Å². The van der Waals surface area contributed by atoms with Crippen LogP contribution in [0.2, 0.25) is 0 Å². The molecule has 1 amide bonds. The van der Waals surface area contributed by atoms with Crippen LogP contribution >= 0.6 is 11.7 Å². The minimum atomic E-state index is -3.67. The molecule has 2 saturated heterocycles. The van der Waals surface area contributed by atoms with Crippen molar-refractivity contribution >= 4 is 44.5 Å². The molecular formula is C21H24N6O3S2. The number of pyridine rings is 1. The number of hydrogen-bond donors (Lipinski definition) is 0. The van der Waals surface area contributed by atoms with E-state index in [2.05, 4.69) is 18.6 Å². The van der Waals surface area contributed by atoms with E-state index in [0.717, 1.165) is 30.6 Å². The first-order valence-electron chi connectivity index (χ1n) is 10.7. The van der Waals surface area contributed by atoms with E-state index in [9.17, 15) is 13.2 Å². The zero-order valence-electron chi connectivity index (χ0n) is 17.5. The summed E-state index contributed by atoms with van der Waals surface area (Å²) in [6.07, 6.45) is 2.84. The maximum atomic E-state index is 13.2. The second-order valence-electron chi connectivity index (χ2n) is 8.07. The quantitative estimate of drug-likeness (QED) is 0.571. The molecule has 9 nitrogen and oxygen atoms in total. The lowest BCUT2D eigenvalue weighted by Crippen LogP contribution is -2.52. The Hall–Kier alpha value is -2.63. The highest BCUT2D eigenvalue weighted by Crippen LogP contribution is 2.29. The van der Waals surface area contributed by atoms with Gasteiger partial charge in [0, 0.05) is 51.4 Å². The number of hydrogen-bond acceptors (Lipinski definition) is 8. The number of anilines is 1. The first-order valence-corrected chi connectivity index (χ1v) is 12.9. The van der Waals surface area contributed by atoms with Crippen molar-refractivity contribution < 1.29 is 13.2 Å². The monoisotopic (exact) mass is 472 g/mol. The fourth-order valence-electron chi connectivity index (χ4n) is 4.43. The molecule has 5 rings (SSSR count). The summed E-state index contributed by atoms with van der Waals surface area (Å²) in [5.41, 5.74) is 1.01. The van der Waals surface area contributed by atoms with Crippen LogP contribution in [0.5, 0.6) is 0 Å². The van der Waals surface area contributed by atoms with Crippen LogP contribution < -0.4 is 4.90 Å². The lowest BCUT2D eigenvalue weighted by Gasteiger charge is -2.38. The minimum absolute atomic E-state index is 0.133. The summed E-state index contributed by atoms with van der Waals surface area (Å²) < 4.78 is 36.2. The third kappa shape index (κ3) is 3.96. The SMILES string of the molecule is O=C(C1CCN(S(=O)(=O)c2cccc3nsnc23)CC1)N1CCN(c2ccccn2)CC1. The standard InChI is InChI=1S/C21H24N6O3S2/c28-21(26-14-12-25(13-15-26)19-6-1-2-9-22-19)16-7-10-27(11-8-16)32(29,30)18-5-3-4-17-20(18)24-31-23-17/h1-6,9,16H,7-8,10-15H2. The summed E-state index contributed by atoms with van der Waals surface area (Å²) in [6.45, 7) is 3.49. The van der Waals surface area contributed by atoms with Crippen LogP contribution in [0.4, 0.5) is 5.82 Å². The van der Waals surface area contributed by atoms with Crippen molar-refractivity contribution in [2.24, 2.45) is 5.92 Å². The van der Waals surface area contributed by atoms with E-state index < -0.39 is 10.0 Å². The number of benzene rings is 1. The molecule has 4 heterocycles. The number of nitrogens with zero attached hydrogens (tertiary/aromatic N) is 6. The number of carbonyl (C=O) groups excluding carboxylic acids is 1. The van der Waals surface area contributed by atoms with E-state index in [1.165, 1.54) is 4.31 Å². The van der Waals surface area contributed by atoms with Crippen LogP contribution in [0.3, 0.4) is 0 Å². The first-order chi connectivity index (χ1) is 15.5. The Morgan fingerprint density at radius 2 is 1.72 bits per heavy atom. The van der Waals surface area contributed by atoms with Gasteiger partial charge in [0.25, 0.3) is 0 Å². The molecule has 2 fully saturated rings. The normalized spacial score (nSPS) is 18.9. The number of amides is 1. The third-order valence-corrected chi connectivity index (χ3v) is 8.71. The number of aromatic nitrogens is 3.